The number of halogens is 1. The number of nitrogens with one attached hydrogen (secondary N) is 2. The lowest BCUT2D eigenvalue weighted by Gasteiger charge is -2.30. The van der Waals surface area contributed by atoms with E-state index >= 15 is 0 Å². The first-order valence-corrected chi connectivity index (χ1v) is 12.0. The SMILES string of the molecule is Cc1cc(Br)ccc1NC(=O)CNC(=O)CN1CCC(c2nc3ccccc3s2)CC1. The van der Waals surface area contributed by atoms with Gasteiger partial charge in [0.15, 0.2) is 0 Å². The number of benzene rings is 2. The highest BCUT2D eigenvalue weighted by Crippen LogP contribution is 2.33. The van der Waals surface area contributed by atoms with Gasteiger partial charge in [-0.15, -0.1) is 11.3 Å². The van der Waals surface area contributed by atoms with Crippen molar-refractivity contribution in [3.63, 3.8) is 0 Å². The molecule has 2 amide bonds. The number of nitrogens with zero attached hydrogens (tertiary/aromatic N) is 2. The van der Waals surface area contributed by atoms with Crippen LogP contribution in [-0.2, 0) is 9.59 Å². The van der Waals surface area contributed by atoms with Gasteiger partial charge >= 0.3 is 0 Å². The number of rotatable bonds is 6. The predicted octanol–water partition coefficient (Wildman–Crippen LogP) is 4.30. The smallest absolute Gasteiger partial charge is 0.243 e. The first-order valence-electron chi connectivity index (χ1n) is 10.4. The van der Waals surface area contributed by atoms with Gasteiger partial charge in [-0.1, -0.05) is 28.1 Å². The van der Waals surface area contributed by atoms with Crippen molar-refractivity contribution < 1.29 is 9.59 Å². The number of hydrogen-bond acceptors (Lipinski definition) is 5. The van der Waals surface area contributed by atoms with E-state index in [2.05, 4.69) is 43.6 Å². The van der Waals surface area contributed by atoms with Gasteiger partial charge in [-0.3, -0.25) is 14.5 Å². The Hall–Kier alpha value is -2.29. The van der Waals surface area contributed by atoms with Gasteiger partial charge in [0.05, 0.1) is 28.3 Å². The average molecular weight is 501 g/mol. The highest BCUT2D eigenvalue weighted by atomic mass is 79.9. The maximum Gasteiger partial charge on any atom is 0.243 e. The second-order valence-electron chi connectivity index (χ2n) is 7.85. The molecule has 162 valence electrons. The van der Waals surface area contributed by atoms with Crippen LogP contribution in [0.15, 0.2) is 46.9 Å². The van der Waals surface area contributed by atoms with Crippen molar-refractivity contribution in [3.8, 4) is 0 Å². The summed E-state index contributed by atoms with van der Waals surface area (Å²) in [5.74, 6) is 0.103. The van der Waals surface area contributed by atoms with E-state index < -0.39 is 0 Å². The van der Waals surface area contributed by atoms with E-state index in [1.807, 2.05) is 37.3 Å². The topological polar surface area (TPSA) is 74.3 Å². The Morgan fingerprint density at radius 1 is 1.16 bits per heavy atom. The van der Waals surface area contributed by atoms with E-state index in [9.17, 15) is 9.59 Å². The number of thiazole rings is 1. The largest absolute Gasteiger partial charge is 0.346 e. The average Bonchev–Trinajstić information content (AvgIpc) is 3.19. The minimum atomic E-state index is -0.228. The van der Waals surface area contributed by atoms with E-state index in [-0.39, 0.29) is 18.4 Å². The Balaban J connectivity index is 1.20. The maximum atomic E-state index is 12.3. The maximum absolute atomic E-state index is 12.3. The molecule has 1 aromatic heterocycles. The van der Waals surface area contributed by atoms with E-state index in [0.29, 0.717) is 12.5 Å². The van der Waals surface area contributed by atoms with Crippen LogP contribution in [-0.4, -0.2) is 47.9 Å². The molecular formula is C23H25BrN4O2S. The second kappa shape index (κ2) is 9.89. The molecular weight excluding hydrogens is 476 g/mol. The van der Waals surface area contributed by atoms with Crippen LogP contribution in [0, 0.1) is 6.92 Å². The Kier molecular flexibility index (Phi) is 6.99. The number of aryl methyl sites for hydroxylation is 1. The Labute approximate surface area is 194 Å². The van der Waals surface area contributed by atoms with Crippen LogP contribution < -0.4 is 10.6 Å². The monoisotopic (exact) mass is 500 g/mol. The fraction of sp³-hybridized carbons (Fsp3) is 0.348. The van der Waals surface area contributed by atoms with E-state index in [1.54, 1.807) is 11.3 Å². The molecule has 0 bridgehead atoms. The molecule has 0 radical (unpaired) electrons. The first kappa shape index (κ1) is 21.9. The number of piperidine rings is 1. The fourth-order valence-electron chi connectivity index (χ4n) is 3.80. The van der Waals surface area contributed by atoms with Gasteiger partial charge in [-0.05, 0) is 68.8 Å². The van der Waals surface area contributed by atoms with Crippen molar-refractivity contribution in [1.29, 1.82) is 0 Å². The molecule has 2 N–H and O–H groups in total. The number of carbonyl (C=O) groups excluding carboxylic acids is 2. The van der Waals surface area contributed by atoms with Crippen molar-refractivity contribution in [2.24, 2.45) is 0 Å². The summed E-state index contributed by atoms with van der Waals surface area (Å²) in [4.78, 5) is 31.4. The molecule has 2 aromatic carbocycles. The summed E-state index contributed by atoms with van der Waals surface area (Å²) in [6, 6.07) is 13.9. The molecule has 0 saturated carbocycles. The van der Waals surface area contributed by atoms with Crippen LogP contribution in [0.4, 0.5) is 5.69 Å². The van der Waals surface area contributed by atoms with E-state index in [1.165, 1.54) is 9.71 Å². The van der Waals surface area contributed by atoms with Crippen LogP contribution in [0.5, 0.6) is 0 Å². The van der Waals surface area contributed by atoms with Gasteiger partial charge in [-0.25, -0.2) is 4.98 Å². The summed E-state index contributed by atoms with van der Waals surface area (Å²) in [7, 11) is 0. The van der Waals surface area contributed by atoms with Crippen LogP contribution in [0.3, 0.4) is 0 Å². The highest BCUT2D eigenvalue weighted by molar-refractivity contribution is 9.10. The number of fused-ring (bicyclic) bond motifs is 1. The zero-order chi connectivity index (χ0) is 21.8. The predicted molar refractivity (Wildman–Crippen MR) is 129 cm³/mol. The molecule has 31 heavy (non-hydrogen) atoms. The van der Waals surface area contributed by atoms with Gasteiger partial charge in [0.1, 0.15) is 0 Å². The lowest BCUT2D eigenvalue weighted by molar-refractivity contribution is -0.125. The zero-order valence-electron chi connectivity index (χ0n) is 17.4. The summed E-state index contributed by atoms with van der Waals surface area (Å²) in [6.45, 7) is 3.93. The molecule has 3 aromatic rings. The minimum absolute atomic E-state index is 0.0312. The van der Waals surface area contributed by atoms with Crippen molar-refractivity contribution in [1.82, 2.24) is 15.2 Å². The van der Waals surface area contributed by atoms with E-state index in [0.717, 1.165) is 47.2 Å². The summed E-state index contributed by atoms with van der Waals surface area (Å²) in [5, 5.41) is 6.77. The number of amides is 2. The van der Waals surface area contributed by atoms with Crippen LogP contribution in [0.25, 0.3) is 10.2 Å². The van der Waals surface area contributed by atoms with Gasteiger partial charge in [0.25, 0.3) is 0 Å². The molecule has 0 atom stereocenters. The molecule has 2 heterocycles. The molecule has 1 fully saturated rings. The zero-order valence-corrected chi connectivity index (χ0v) is 19.8. The fourth-order valence-corrected chi connectivity index (χ4v) is 5.41. The third kappa shape index (κ3) is 5.70. The molecule has 8 heteroatoms. The molecule has 1 aliphatic rings. The molecule has 6 nitrogen and oxygen atoms in total. The third-order valence-electron chi connectivity index (χ3n) is 5.52. The number of hydrogen-bond donors (Lipinski definition) is 2. The lowest BCUT2D eigenvalue weighted by Crippen LogP contribution is -2.43. The summed E-state index contributed by atoms with van der Waals surface area (Å²) < 4.78 is 2.19. The molecule has 0 spiro atoms. The summed E-state index contributed by atoms with van der Waals surface area (Å²) in [6.07, 6.45) is 1.99. The second-order valence-corrected chi connectivity index (χ2v) is 9.83. The van der Waals surface area contributed by atoms with Crippen molar-refractivity contribution in [3.05, 3.63) is 57.5 Å². The normalized spacial score (nSPS) is 15.2. The van der Waals surface area contributed by atoms with Crippen LogP contribution in [0.2, 0.25) is 0 Å². The highest BCUT2D eigenvalue weighted by Gasteiger charge is 2.24. The molecule has 0 aliphatic carbocycles. The van der Waals surface area contributed by atoms with Crippen molar-refractivity contribution in [2.75, 3.05) is 31.5 Å². The van der Waals surface area contributed by atoms with Gasteiger partial charge in [0, 0.05) is 16.1 Å². The van der Waals surface area contributed by atoms with E-state index in [4.69, 9.17) is 4.98 Å². The molecule has 0 unspecified atom stereocenters. The molecule has 4 rings (SSSR count). The van der Waals surface area contributed by atoms with Gasteiger partial charge in [0.2, 0.25) is 11.8 Å². The van der Waals surface area contributed by atoms with Crippen LogP contribution in [0.1, 0.15) is 29.3 Å². The Bertz CT molecular complexity index is 1060. The van der Waals surface area contributed by atoms with Gasteiger partial charge in [-0.2, -0.15) is 0 Å². The minimum Gasteiger partial charge on any atom is -0.346 e. The summed E-state index contributed by atoms with van der Waals surface area (Å²) >= 11 is 5.18. The Morgan fingerprint density at radius 2 is 1.94 bits per heavy atom. The van der Waals surface area contributed by atoms with Crippen molar-refractivity contribution >= 4 is 55.0 Å². The first-order chi connectivity index (χ1) is 15.0. The standard InChI is InChI=1S/C23H25BrN4O2S/c1-15-12-17(24)6-7-18(15)26-21(29)13-25-22(30)14-28-10-8-16(9-11-28)23-27-19-4-2-3-5-20(19)31-23/h2-7,12,16H,8-11,13-14H2,1H3,(H,25,30)(H,26,29). The molecule has 1 aliphatic heterocycles. The number of para-hydroxylation sites is 1. The van der Waals surface area contributed by atoms with Gasteiger partial charge < -0.3 is 10.6 Å². The Morgan fingerprint density at radius 3 is 2.68 bits per heavy atom. The quantitative estimate of drug-likeness (QED) is 0.528. The molecule has 1 saturated heterocycles. The lowest BCUT2D eigenvalue weighted by atomic mass is 9.97. The number of carbonyl (C=O) groups is 2. The van der Waals surface area contributed by atoms with Crippen LogP contribution >= 0.6 is 27.3 Å². The number of likely N-dealkylation sites (tertiary alicyclic amines) is 1. The summed E-state index contributed by atoms with van der Waals surface area (Å²) in [5.41, 5.74) is 2.78. The third-order valence-corrected chi connectivity index (χ3v) is 7.22. The van der Waals surface area contributed by atoms with Crippen molar-refractivity contribution in [2.45, 2.75) is 25.7 Å². The number of anilines is 1. The number of aromatic nitrogens is 1.